The summed E-state index contributed by atoms with van der Waals surface area (Å²) in [6.45, 7) is 1.25. The largest absolute Gasteiger partial charge is 0.322 e. The summed E-state index contributed by atoms with van der Waals surface area (Å²) < 4.78 is 14.7. The SMILES string of the molecule is O=C(Nc1ccc(Cl)cc1)N1CCc2c(sc3ncn(Cc4ccc(F)cc4)c(=O)c23)C1. The Kier molecular flexibility index (Phi) is 5.40. The minimum atomic E-state index is -0.314. The van der Waals surface area contributed by atoms with Gasteiger partial charge < -0.3 is 10.2 Å². The number of amides is 2. The molecule has 5 rings (SSSR count). The van der Waals surface area contributed by atoms with Gasteiger partial charge in [0.25, 0.3) is 5.56 Å². The standard InChI is InChI=1S/C23H18ClFN4O2S/c24-15-3-7-17(8-4-15)27-23(31)28-10-9-18-19(12-28)32-21-20(18)22(30)29(13-26-21)11-14-1-5-16(25)6-2-14/h1-8,13H,9-12H2,(H,27,31). The highest BCUT2D eigenvalue weighted by atomic mass is 35.5. The van der Waals surface area contributed by atoms with Gasteiger partial charge in [-0.3, -0.25) is 9.36 Å². The van der Waals surface area contributed by atoms with Gasteiger partial charge in [-0.15, -0.1) is 11.3 Å². The molecule has 0 unspecified atom stereocenters. The van der Waals surface area contributed by atoms with Crippen molar-refractivity contribution in [1.29, 1.82) is 0 Å². The van der Waals surface area contributed by atoms with Gasteiger partial charge in [-0.25, -0.2) is 14.2 Å². The van der Waals surface area contributed by atoms with Crippen LogP contribution >= 0.6 is 22.9 Å². The minimum Gasteiger partial charge on any atom is -0.319 e. The van der Waals surface area contributed by atoms with E-state index in [-0.39, 0.29) is 17.4 Å². The lowest BCUT2D eigenvalue weighted by atomic mass is 10.1. The van der Waals surface area contributed by atoms with Gasteiger partial charge in [0.1, 0.15) is 10.6 Å². The summed E-state index contributed by atoms with van der Waals surface area (Å²) >= 11 is 7.34. The van der Waals surface area contributed by atoms with Crippen molar-refractivity contribution in [2.75, 3.05) is 11.9 Å². The Morgan fingerprint density at radius 1 is 1.16 bits per heavy atom. The Balaban J connectivity index is 1.38. The first-order valence-corrected chi connectivity index (χ1v) is 11.2. The van der Waals surface area contributed by atoms with Crippen LogP contribution in [0.25, 0.3) is 10.2 Å². The van der Waals surface area contributed by atoms with Crippen LogP contribution in [-0.2, 0) is 19.5 Å². The molecule has 2 amide bonds. The lowest BCUT2D eigenvalue weighted by molar-refractivity contribution is 0.207. The number of benzene rings is 2. The highest BCUT2D eigenvalue weighted by molar-refractivity contribution is 7.18. The molecule has 32 heavy (non-hydrogen) atoms. The molecule has 6 nitrogen and oxygen atoms in total. The Morgan fingerprint density at radius 2 is 1.91 bits per heavy atom. The number of nitrogens with zero attached hydrogens (tertiary/aromatic N) is 3. The highest BCUT2D eigenvalue weighted by Crippen LogP contribution is 2.32. The third-order valence-electron chi connectivity index (χ3n) is 5.48. The van der Waals surface area contributed by atoms with Crippen LogP contribution in [0.2, 0.25) is 5.02 Å². The topological polar surface area (TPSA) is 67.2 Å². The van der Waals surface area contributed by atoms with Crippen LogP contribution in [0.1, 0.15) is 16.0 Å². The second-order valence-corrected chi connectivity index (χ2v) is 9.12. The van der Waals surface area contributed by atoms with E-state index in [9.17, 15) is 14.0 Å². The molecule has 0 spiro atoms. The summed E-state index contributed by atoms with van der Waals surface area (Å²) in [6.07, 6.45) is 2.11. The number of rotatable bonds is 3. The van der Waals surface area contributed by atoms with E-state index in [1.165, 1.54) is 29.8 Å². The van der Waals surface area contributed by atoms with Crippen molar-refractivity contribution < 1.29 is 9.18 Å². The molecule has 0 saturated carbocycles. The van der Waals surface area contributed by atoms with Gasteiger partial charge in [-0.2, -0.15) is 0 Å². The van der Waals surface area contributed by atoms with Crippen LogP contribution in [0.3, 0.4) is 0 Å². The molecule has 3 heterocycles. The van der Waals surface area contributed by atoms with E-state index in [1.54, 1.807) is 45.9 Å². The first-order chi connectivity index (χ1) is 15.5. The number of anilines is 1. The molecule has 162 valence electrons. The van der Waals surface area contributed by atoms with Crippen molar-refractivity contribution in [2.45, 2.75) is 19.5 Å². The maximum absolute atomic E-state index is 13.2. The van der Waals surface area contributed by atoms with E-state index in [2.05, 4.69) is 10.3 Å². The van der Waals surface area contributed by atoms with Crippen molar-refractivity contribution in [3.63, 3.8) is 0 Å². The van der Waals surface area contributed by atoms with Gasteiger partial charge in [-0.05, 0) is 53.9 Å². The molecule has 1 aliphatic heterocycles. The van der Waals surface area contributed by atoms with Crippen LogP contribution in [0.5, 0.6) is 0 Å². The average molecular weight is 469 g/mol. The molecule has 2 aromatic carbocycles. The Labute approximate surface area is 191 Å². The quantitative estimate of drug-likeness (QED) is 0.465. The molecule has 0 saturated heterocycles. The number of nitrogens with one attached hydrogen (secondary N) is 1. The summed E-state index contributed by atoms with van der Waals surface area (Å²) in [5.74, 6) is -0.314. The molecule has 0 radical (unpaired) electrons. The number of carbonyl (C=O) groups excluding carboxylic acids is 1. The Morgan fingerprint density at radius 3 is 2.66 bits per heavy atom. The van der Waals surface area contributed by atoms with E-state index >= 15 is 0 Å². The molecule has 0 bridgehead atoms. The van der Waals surface area contributed by atoms with Crippen LogP contribution in [0.4, 0.5) is 14.9 Å². The predicted molar refractivity (Wildman–Crippen MR) is 124 cm³/mol. The number of thiophene rings is 1. The third kappa shape index (κ3) is 3.99. The minimum absolute atomic E-state index is 0.115. The number of carbonyl (C=O) groups is 1. The van der Waals surface area contributed by atoms with Crippen molar-refractivity contribution in [3.8, 4) is 0 Å². The molecule has 0 atom stereocenters. The normalized spacial score (nSPS) is 13.2. The van der Waals surface area contributed by atoms with E-state index in [0.29, 0.717) is 47.0 Å². The molecular formula is C23H18ClFN4O2S. The molecule has 4 aromatic rings. The third-order valence-corrected chi connectivity index (χ3v) is 6.85. The van der Waals surface area contributed by atoms with Gasteiger partial charge in [0.2, 0.25) is 0 Å². The maximum atomic E-state index is 13.2. The summed E-state index contributed by atoms with van der Waals surface area (Å²) in [4.78, 5) is 33.7. The molecule has 1 aliphatic rings. The second-order valence-electron chi connectivity index (χ2n) is 7.60. The Bertz CT molecular complexity index is 1370. The average Bonchev–Trinajstić information content (AvgIpc) is 3.17. The fourth-order valence-corrected chi connectivity index (χ4v) is 5.15. The van der Waals surface area contributed by atoms with Gasteiger partial charge in [0.15, 0.2) is 0 Å². The lowest BCUT2D eigenvalue weighted by Crippen LogP contribution is -2.38. The monoisotopic (exact) mass is 468 g/mol. The van der Waals surface area contributed by atoms with E-state index in [1.807, 2.05) is 0 Å². The van der Waals surface area contributed by atoms with Crippen molar-refractivity contribution in [3.05, 3.63) is 92.1 Å². The number of halogens is 2. The predicted octanol–water partition coefficient (Wildman–Crippen LogP) is 4.89. The molecular weight excluding hydrogens is 451 g/mol. The van der Waals surface area contributed by atoms with Crippen molar-refractivity contribution in [1.82, 2.24) is 14.5 Å². The van der Waals surface area contributed by atoms with Gasteiger partial charge in [0.05, 0.1) is 24.8 Å². The van der Waals surface area contributed by atoms with Crippen LogP contribution in [-0.4, -0.2) is 27.0 Å². The van der Waals surface area contributed by atoms with Crippen LogP contribution in [0.15, 0.2) is 59.7 Å². The van der Waals surface area contributed by atoms with Gasteiger partial charge >= 0.3 is 6.03 Å². The van der Waals surface area contributed by atoms with E-state index in [4.69, 9.17) is 11.6 Å². The number of aromatic nitrogens is 2. The van der Waals surface area contributed by atoms with E-state index in [0.717, 1.165) is 16.0 Å². The molecule has 9 heteroatoms. The van der Waals surface area contributed by atoms with Crippen molar-refractivity contribution >= 4 is 44.9 Å². The molecule has 0 fully saturated rings. The summed E-state index contributed by atoms with van der Waals surface area (Å²) in [6, 6.07) is 12.8. The highest BCUT2D eigenvalue weighted by Gasteiger charge is 2.26. The molecule has 2 aromatic heterocycles. The Hall–Kier alpha value is -3.23. The fraction of sp³-hybridized carbons (Fsp3) is 0.174. The first kappa shape index (κ1) is 20.7. The van der Waals surface area contributed by atoms with Gasteiger partial charge in [-0.1, -0.05) is 23.7 Å². The summed E-state index contributed by atoms with van der Waals surface area (Å²) in [7, 11) is 0. The van der Waals surface area contributed by atoms with Gasteiger partial charge in [0, 0.05) is 22.1 Å². The zero-order valence-corrected chi connectivity index (χ0v) is 18.4. The van der Waals surface area contributed by atoms with Crippen molar-refractivity contribution in [2.24, 2.45) is 0 Å². The number of fused-ring (bicyclic) bond motifs is 3. The fourth-order valence-electron chi connectivity index (χ4n) is 3.83. The summed E-state index contributed by atoms with van der Waals surface area (Å²) in [5, 5.41) is 4.10. The number of hydrogen-bond acceptors (Lipinski definition) is 4. The van der Waals surface area contributed by atoms with Crippen LogP contribution in [0, 0.1) is 5.82 Å². The first-order valence-electron chi connectivity index (χ1n) is 10.0. The zero-order valence-electron chi connectivity index (χ0n) is 16.8. The smallest absolute Gasteiger partial charge is 0.319 e. The number of hydrogen-bond donors (Lipinski definition) is 1. The summed E-state index contributed by atoms with van der Waals surface area (Å²) in [5.41, 5.74) is 2.35. The second kappa shape index (κ2) is 8.37. The maximum Gasteiger partial charge on any atom is 0.322 e. The zero-order chi connectivity index (χ0) is 22.2. The molecule has 1 N–H and O–H groups in total. The number of urea groups is 1. The van der Waals surface area contributed by atoms with E-state index < -0.39 is 0 Å². The van der Waals surface area contributed by atoms with Crippen LogP contribution < -0.4 is 10.9 Å². The lowest BCUT2D eigenvalue weighted by Gasteiger charge is -2.27. The molecule has 0 aliphatic carbocycles.